The zero-order valence-corrected chi connectivity index (χ0v) is 14.3. The van der Waals surface area contributed by atoms with Crippen LogP contribution in [0, 0.1) is 0 Å². The van der Waals surface area contributed by atoms with Crippen molar-refractivity contribution in [1.82, 2.24) is 0 Å². The van der Waals surface area contributed by atoms with Gasteiger partial charge in [0.2, 0.25) is 0 Å². The van der Waals surface area contributed by atoms with Crippen LogP contribution in [0.15, 0.2) is 60.7 Å². The molecule has 0 atom stereocenters. The Balaban J connectivity index is 1.90. The molecule has 2 aromatic carbocycles. The van der Waals surface area contributed by atoms with Crippen LogP contribution in [0.1, 0.15) is 12.5 Å². The van der Waals surface area contributed by atoms with Gasteiger partial charge in [-0.05, 0) is 42.8 Å². The maximum absolute atomic E-state index is 12.2. The number of hydrogen-bond acceptors (Lipinski definition) is 4. The standard InChI is InChI=1S/C20H21NO4/c1-3-21(17-9-5-4-6-10-17)19(22)15-25-20(23)13-12-16-8-7-11-18(14-16)24-2/h4-14H,3,15H2,1-2H3/b13-12+. The lowest BCUT2D eigenvalue weighted by Gasteiger charge is -2.20. The highest BCUT2D eigenvalue weighted by Crippen LogP contribution is 2.14. The van der Waals surface area contributed by atoms with Crippen molar-refractivity contribution in [3.8, 4) is 5.75 Å². The van der Waals surface area contributed by atoms with E-state index < -0.39 is 5.97 Å². The van der Waals surface area contributed by atoms with E-state index in [1.807, 2.05) is 55.5 Å². The number of para-hydroxylation sites is 1. The topological polar surface area (TPSA) is 55.8 Å². The molecule has 0 aliphatic heterocycles. The summed E-state index contributed by atoms with van der Waals surface area (Å²) in [5.41, 5.74) is 1.58. The van der Waals surface area contributed by atoms with E-state index in [0.717, 1.165) is 11.3 Å². The van der Waals surface area contributed by atoms with Gasteiger partial charge in [0.1, 0.15) is 5.75 Å². The Bertz CT molecular complexity index is 740. The van der Waals surface area contributed by atoms with Gasteiger partial charge in [0.15, 0.2) is 6.61 Å². The molecule has 0 aliphatic rings. The molecular formula is C20H21NO4. The van der Waals surface area contributed by atoms with E-state index >= 15 is 0 Å². The molecular weight excluding hydrogens is 318 g/mol. The van der Waals surface area contributed by atoms with Gasteiger partial charge in [0.05, 0.1) is 7.11 Å². The molecule has 0 unspecified atom stereocenters. The number of rotatable bonds is 7. The number of carbonyl (C=O) groups is 2. The molecule has 0 radical (unpaired) electrons. The van der Waals surface area contributed by atoms with Crippen molar-refractivity contribution in [2.75, 3.05) is 25.2 Å². The SMILES string of the molecule is CCN(C(=O)COC(=O)/C=C/c1cccc(OC)c1)c1ccccc1. The molecule has 130 valence electrons. The van der Waals surface area contributed by atoms with Gasteiger partial charge in [-0.2, -0.15) is 0 Å². The smallest absolute Gasteiger partial charge is 0.331 e. The Morgan fingerprint density at radius 2 is 1.84 bits per heavy atom. The van der Waals surface area contributed by atoms with Gasteiger partial charge >= 0.3 is 5.97 Å². The van der Waals surface area contributed by atoms with Crippen LogP contribution < -0.4 is 9.64 Å². The minimum absolute atomic E-state index is 0.267. The molecule has 2 rings (SSSR count). The summed E-state index contributed by atoms with van der Waals surface area (Å²) in [6, 6.07) is 16.5. The van der Waals surface area contributed by atoms with Crippen molar-refractivity contribution in [1.29, 1.82) is 0 Å². The van der Waals surface area contributed by atoms with E-state index in [0.29, 0.717) is 12.3 Å². The van der Waals surface area contributed by atoms with Crippen LogP contribution in [-0.4, -0.2) is 32.1 Å². The molecule has 0 heterocycles. The lowest BCUT2D eigenvalue weighted by atomic mass is 10.2. The second-order valence-corrected chi connectivity index (χ2v) is 5.19. The summed E-state index contributed by atoms with van der Waals surface area (Å²) in [5, 5.41) is 0. The molecule has 25 heavy (non-hydrogen) atoms. The largest absolute Gasteiger partial charge is 0.497 e. The molecule has 0 bridgehead atoms. The first-order valence-electron chi connectivity index (χ1n) is 7.98. The van der Waals surface area contributed by atoms with Gasteiger partial charge in [-0.1, -0.05) is 30.3 Å². The Morgan fingerprint density at radius 3 is 2.52 bits per heavy atom. The average molecular weight is 339 g/mol. The van der Waals surface area contributed by atoms with Crippen molar-refractivity contribution in [3.63, 3.8) is 0 Å². The summed E-state index contributed by atoms with van der Waals surface area (Å²) in [7, 11) is 1.58. The summed E-state index contributed by atoms with van der Waals surface area (Å²) in [4.78, 5) is 25.6. The second kappa shape index (κ2) is 9.27. The summed E-state index contributed by atoms with van der Waals surface area (Å²) in [5.74, 6) is -0.135. The van der Waals surface area contributed by atoms with E-state index in [4.69, 9.17) is 9.47 Å². The highest BCUT2D eigenvalue weighted by atomic mass is 16.5. The van der Waals surface area contributed by atoms with E-state index in [-0.39, 0.29) is 12.5 Å². The lowest BCUT2D eigenvalue weighted by molar-refractivity contribution is -0.142. The number of ether oxygens (including phenoxy) is 2. The van der Waals surface area contributed by atoms with E-state index in [9.17, 15) is 9.59 Å². The normalized spacial score (nSPS) is 10.5. The van der Waals surface area contributed by atoms with Gasteiger partial charge in [0.25, 0.3) is 5.91 Å². The number of esters is 1. The molecule has 5 nitrogen and oxygen atoms in total. The van der Waals surface area contributed by atoms with Gasteiger partial charge in [-0.25, -0.2) is 4.79 Å². The lowest BCUT2D eigenvalue weighted by Crippen LogP contribution is -2.34. The molecule has 0 N–H and O–H groups in total. The minimum Gasteiger partial charge on any atom is -0.497 e. The van der Waals surface area contributed by atoms with Gasteiger partial charge in [-0.3, -0.25) is 4.79 Å². The van der Waals surface area contributed by atoms with Crippen LogP contribution in [0.25, 0.3) is 6.08 Å². The molecule has 0 fully saturated rings. The highest BCUT2D eigenvalue weighted by molar-refractivity contribution is 5.96. The van der Waals surface area contributed by atoms with Crippen LogP contribution >= 0.6 is 0 Å². The van der Waals surface area contributed by atoms with Crippen molar-refractivity contribution in [2.45, 2.75) is 6.92 Å². The van der Waals surface area contributed by atoms with Gasteiger partial charge < -0.3 is 14.4 Å². The number of benzene rings is 2. The third-order valence-electron chi connectivity index (χ3n) is 3.53. The van der Waals surface area contributed by atoms with Crippen molar-refractivity contribution in [2.24, 2.45) is 0 Å². The molecule has 0 aromatic heterocycles. The third kappa shape index (κ3) is 5.49. The number of amides is 1. The van der Waals surface area contributed by atoms with Crippen LogP contribution in [0.3, 0.4) is 0 Å². The first-order chi connectivity index (χ1) is 12.1. The van der Waals surface area contributed by atoms with E-state index in [1.54, 1.807) is 24.2 Å². The Labute approximate surface area is 147 Å². The minimum atomic E-state index is -0.569. The predicted molar refractivity (Wildman–Crippen MR) is 97.5 cm³/mol. The zero-order chi connectivity index (χ0) is 18.1. The summed E-state index contributed by atoms with van der Waals surface area (Å²) >= 11 is 0. The van der Waals surface area contributed by atoms with Gasteiger partial charge in [0, 0.05) is 18.3 Å². The number of methoxy groups -OCH3 is 1. The highest BCUT2D eigenvalue weighted by Gasteiger charge is 2.14. The van der Waals surface area contributed by atoms with Crippen LogP contribution in [0.5, 0.6) is 5.75 Å². The van der Waals surface area contributed by atoms with E-state index in [2.05, 4.69) is 0 Å². The predicted octanol–water partition coefficient (Wildman–Crippen LogP) is 3.30. The maximum Gasteiger partial charge on any atom is 0.331 e. The molecule has 0 saturated heterocycles. The fourth-order valence-electron chi connectivity index (χ4n) is 2.28. The van der Waals surface area contributed by atoms with Crippen molar-refractivity contribution >= 4 is 23.6 Å². The number of likely N-dealkylation sites (N-methyl/N-ethyl adjacent to an activating group) is 1. The van der Waals surface area contributed by atoms with Crippen molar-refractivity contribution < 1.29 is 19.1 Å². The molecule has 0 saturated carbocycles. The third-order valence-corrected chi connectivity index (χ3v) is 3.53. The Morgan fingerprint density at radius 1 is 1.08 bits per heavy atom. The first kappa shape index (κ1) is 18.3. The second-order valence-electron chi connectivity index (χ2n) is 5.19. The fourth-order valence-corrected chi connectivity index (χ4v) is 2.28. The Kier molecular flexibility index (Phi) is 6.77. The zero-order valence-electron chi connectivity index (χ0n) is 14.3. The summed E-state index contributed by atoms with van der Waals surface area (Å²) in [6.07, 6.45) is 2.91. The molecule has 0 aliphatic carbocycles. The van der Waals surface area contributed by atoms with Gasteiger partial charge in [-0.15, -0.1) is 0 Å². The summed E-state index contributed by atoms with van der Waals surface area (Å²) < 4.78 is 10.2. The Hall–Kier alpha value is -3.08. The van der Waals surface area contributed by atoms with Crippen molar-refractivity contribution in [3.05, 3.63) is 66.2 Å². The van der Waals surface area contributed by atoms with Crippen LogP contribution in [0.4, 0.5) is 5.69 Å². The molecule has 2 aromatic rings. The average Bonchev–Trinajstić information content (AvgIpc) is 2.66. The van der Waals surface area contributed by atoms with Crippen LogP contribution in [0.2, 0.25) is 0 Å². The quantitative estimate of drug-likeness (QED) is 0.574. The fraction of sp³-hybridized carbons (Fsp3) is 0.200. The number of hydrogen-bond donors (Lipinski definition) is 0. The van der Waals surface area contributed by atoms with E-state index in [1.165, 1.54) is 6.08 Å². The maximum atomic E-state index is 12.2. The number of anilines is 1. The monoisotopic (exact) mass is 339 g/mol. The van der Waals surface area contributed by atoms with Crippen LogP contribution in [-0.2, 0) is 14.3 Å². The first-order valence-corrected chi connectivity index (χ1v) is 7.98. The number of nitrogens with zero attached hydrogens (tertiary/aromatic N) is 1. The summed E-state index contributed by atoms with van der Waals surface area (Å²) in [6.45, 7) is 2.07. The molecule has 5 heteroatoms. The molecule has 1 amide bonds. The molecule has 0 spiro atoms. The number of carbonyl (C=O) groups excluding carboxylic acids is 2.